The van der Waals surface area contributed by atoms with Crippen molar-refractivity contribution >= 4 is 5.91 Å². The third-order valence-electron chi connectivity index (χ3n) is 3.10. The Morgan fingerprint density at radius 2 is 2.12 bits per heavy atom. The van der Waals surface area contributed by atoms with E-state index in [1.165, 1.54) is 0 Å². The smallest absolute Gasteiger partial charge is 0.346 e. The molecule has 0 aromatic carbocycles. The fraction of sp³-hybridized carbons (Fsp3) is 0.900. The number of carbonyl (C=O) groups is 1. The van der Waals surface area contributed by atoms with Gasteiger partial charge in [-0.1, -0.05) is 13.3 Å². The highest BCUT2D eigenvalue weighted by Crippen LogP contribution is 2.22. The molecule has 0 saturated carbocycles. The molecule has 6 heteroatoms. The van der Waals surface area contributed by atoms with Gasteiger partial charge >= 0.3 is 12.1 Å². The molecule has 0 aromatic heterocycles. The van der Waals surface area contributed by atoms with Gasteiger partial charge in [-0.15, -0.1) is 0 Å². The molecule has 1 rings (SSSR count). The quantitative estimate of drug-likeness (QED) is 0.784. The van der Waals surface area contributed by atoms with Crippen molar-refractivity contribution in [2.24, 2.45) is 0 Å². The molecule has 1 fully saturated rings. The van der Waals surface area contributed by atoms with Gasteiger partial charge in [-0.05, 0) is 25.8 Å². The van der Waals surface area contributed by atoms with Gasteiger partial charge in [-0.25, -0.2) is 0 Å². The normalized spacial score (nSPS) is 26.5. The van der Waals surface area contributed by atoms with Crippen LogP contribution < -0.4 is 10.6 Å². The lowest BCUT2D eigenvalue weighted by molar-refractivity contribution is -0.173. The predicted octanol–water partition coefficient (Wildman–Crippen LogP) is 1.59. The molecule has 94 valence electrons. The van der Waals surface area contributed by atoms with Gasteiger partial charge in [0.25, 0.3) is 0 Å². The maximum atomic E-state index is 12.0. The minimum absolute atomic E-state index is 0.0435. The van der Waals surface area contributed by atoms with Gasteiger partial charge in [0.1, 0.15) is 0 Å². The largest absolute Gasteiger partial charge is 0.471 e. The first-order valence-corrected chi connectivity index (χ1v) is 5.50. The van der Waals surface area contributed by atoms with Gasteiger partial charge in [0, 0.05) is 12.1 Å². The first-order valence-electron chi connectivity index (χ1n) is 5.50. The molecule has 16 heavy (non-hydrogen) atoms. The summed E-state index contributed by atoms with van der Waals surface area (Å²) in [6.45, 7) is 2.76. The van der Waals surface area contributed by atoms with Crippen molar-refractivity contribution in [1.82, 2.24) is 10.6 Å². The van der Waals surface area contributed by atoms with E-state index in [1.807, 2.05) is 12.2 Å². The van der Waals surface area contributed by atoms with Crippen LogP contribution in [0.3, 0.4) is 0 Å². The van der Waals surface area contributed by atoms with E-state index >= 15 is 0 Å². The van der Waals surface area contributed by atoms with E-state index in [-0.39, 0.29) is 12.1 Å². The van der Waals surface area contributed by atoms with Crippen LogP contribution in [0.1, 0.15) is 32.6 Å². The molecule has 1 atom stereocenters. The van der Waals surface area contributed by atoms with Gasteiger partial charge in [0.2, 0.25) is 0 Å². The third-order valence-corrected chi connectivity index (χ3v) is 3.10. The number of halogens is 3. The van der Waals surface area contributed by atoms with E-state index in [4.69, 9.17) is 0 Å². The first kappa shape index (κ1) is 13.3. The molecule has 0 bridgehead atoms. The van der Waals surface area contributed by atoms with Crippen LogP contribution in [-0.2, 0) is 4.79 Å². The van der Waals surface area contributed by atoms with Gasteiger partial charge in [0.05, 0.1) is 0 Å². The van der Waals surface area contributed by atoms with Crippen molar-refractivity contribution in [2.45, 2.75) is 44.3 Å². The lowest BCUT2D eigenvalue weighted by Gasteiger charge is -2.38. The molecule has 0 radical (unpaired) electrons. The Labute approximate surface area is 92.8 Å². The van der Waals surface area contributed by atoms with Crippen LogP contribution >= 0.6 is 0 Å². The van der Waals surface area contributed by atoms with E-state index in [2.05, 4.69) is 5.32 Å². The van der Waals surface area contributed by atoms with Crippen LogP contribution in [-0.4, -0.2) is 30.7 Å². The molecular formula is C10H17F3N2O. The Balaban J connectivity index is 2.48. The predicted molar refractivity (Wildman–Crippen MR) is 53.9 cm³/mol. The van der Waals surface area contributed by atoms with E-state index in [0.29, 0.717) is 6.42 Å². The lowest BCUT2D eigenvalue weighted by atomic mass is 9.86. The Bertz CT molecular complexity index is 247. The number of alkyl halides is 3. The standard InChI is InChI=1S/C10H17F3N2O/c1-2-9(5-3-4-6-15-9)7-14-8(16)10(11,12)13/h15H,2-7H2,1H3,(H,14,16). The second kappa shape index (κ2) is 5.03. The summed E-state index contributed by atoms with van der Waals surface area (Å²) < 4.78 is 36.0. The average molecular weight is 238 g/mol. The third kappa shape index (κ3) is 3.37. The molecule has 0 aliphatic carbocycles. The fourth-order valence-electron chi connectivity index (χ4n) is 1.96. The zero-order valence-electron chi connectivity index (χ0n) is 9.28. The molecule has 2 N–H and O–H groups in total. The maximum Gasteiger partial charge on any atom is 0.471 e. The molecule has 0 aromatic rings. The summed E-state index contributed by atoms with van der Waals surface area (Å²) in [7, 11) is 0. The van der Waals surface area contributed by atoms with E-state index < -0.39 is 12.1 Å². The van der Waals surface area contributed by atoms with Gasteiger partial charge in [-0.3, -0.25) is 4.79 Å². The summed E-state index contributed by atoms with van der Waals surface area (Å²) in [4.78, 5) is 10.7. The van der Waals surface area contributed by atoms with Crippen LogP contribution in [0.15, 0.2) is 0 Å². The monoisotopic (exact) mass is 238 g/mol. The van der Waals surface area contributed by atoms with Crippen molar-refractivity contribution in [2.75, 3.05) is 13.1 Å². The summed E-state index contributed by atoms with van der Waals surface area (Å²) >= 11 is 0. The van der Waals surface area contributed by atoms with Crippen molar-refractivity contribution in [1.29, 1.82) is 0 Å². The van der Waals surface area contributed by atoms with Crippen LogP contribution in [0.25, 0.3) is 0 Å². The maximum absolute atomic E-state index is 12.0. The molecule has 3 nitrogen and oxygen atoms in total. The molecule has 1 saturated heterocycles. The van der Waals surface area contributed by atoms with Gasteiger partial charge < -0.3 is 10.6 Å². The second-order valence-electron chi connectivity index (χ2n) is 4.20. The fourth-order valence-corrected chi connectivity index (χ4v) is 1.96. The molecule has 1 amide bonds. The number of nitrogens with one attached hydrogen (secondary N) is 2. The molecule has 1 unspecified atom stereocenters. The highest BCUT2D eigenvalue weighted by molar-refractivity contribution is 5.81. The van der Waals surface area contributed by atoms with Crippen molar-refractivity contribution in [3.63, 3.8) is 0 Å². The molecule has 1 aliphatic rings. The summed E-state index contributed by atoms with van der Waals surface area (Å²) in [5.41, 5.74) is -0.362. The second-order valence-corrected chi connectivity index (χ2v) is 4.20. The molecule has 1 heterocycles. The minimum atomic E-state index is -4.79. The van der Waals surface area contributed by atoms with Gasteiger partial charge in [0.15, 0.2) is 0 Å². The number of amides is 1. The molecule has 0 spiro atoms. The number of hydrogen-bond acceptors (Lipinski definition) is 2. The lowest BCUT2D eigenvalue weighted by Crippen LogP contribution is -2.56. The summed E-state index contributed by atoms with van der Waals surface area (Å²) in [5, 5.41) is 5.16. The number of rotatable bonds is 3. The highest BCUT2D eigenvalue weighted by atomic mass is 19.4. The van der Waals surface area contributed by atoms with Crippen LogP contribution in [0.2, 0.25) is 0 Å². The summed E-state index contributed by atoms with van der Waals surface area (Å²) in [5.74, 6) is -1.85. The number of hydrogen-bond donors (Lipinski definition) is 2. The molecular weight excluding hydrogens is 221 g/mol. The summed E-state index contributed by atoms with van der Waals surface area (Å²) in [6.07, 6.45) is -1.24. The van der Waals surface area contributed by atoms with Crippen LogP contribution in [0, 0.1) is 0 Å². The average Bonchev–Trinajstić information content (AvgIpc) is 2.26. The van der Waals surface area contributed by atoms with Crippen molar-refractivity contribution in [3.8, 4) is 0 Å². The number of piperidine rings is 1. The number of carbonyl (C=O) groups excluding carboxylic acids is 1. The topological polar surface area (TPSA) is 41.1 Å². The van der Waals surface area contributed by atoms with E-state index in [0.717, 1.165) is 25.8 Å². The van der Waals surface area contributed by atoms with Crippen molar-refractivity contribution in [3.05, 3.63) is 0 Å². The van der Waals surface area contributed by atoms with E-state index in [9.17, 15) is 18.0 Å². The van der Waals surface area contributed by atoms with E-state index in [1.54, 1.807) is 0 Å². The van der Waals surface area contributed by atoms with Gasteiger partial charge in [-0.2, -0.15) is 13.2 Å². The highest BCUT2D eigenvalue weighted by Gasteiger charge is 2.40. The van der Waals surface area contributed by atoms with Crippen LogP contribution in [0.4, 0.5) is 13.2 Å². The zero-order chi connectivity index (χ0) is 12.2. The zero-order valence-corrected chi connectivity index (χ0v) is 9.28. The Morgan fingerprint density at radius 3 is 2.56 bits per heavy atom. The van der Waals surface area contributed by atoms with Crippen LogP contribution in [0.5, 0.6) is 0 Å². The SMILES string of the molecule is CCC1(CNC(=O)C(F)(F)F)CCCCN1. The summed E-state index contributed by atoms with van der Waals surface area (Å²) in [6, 6.07) is 0. The Kier molecular flexibility index (Phi) is 4.18. The first-order chi connectivity index (χ1) is 7.40. The molecule has 1 aliphatic heterocycles. The minimum Gasteiger partial charge on any atom is -0.346 e. The Morgan fingerprint density at radius 1 is 1.44 bits per heavy atom. The Hall–Kier alpha value is -0.780. The van der Waals surface area contributed by atoms with Crippen molar-refractivity contribution < 1.29 is 18.0 Å².